The largest absolute Gasteiger partial charge is 0.348 e. The van der Waals surface area contributed by atoms with Crippen LogP contribution in [0.5, 0.6) is 0 Å². The van der Waals surface area contributed by atoms with Crippen LogP contribution in [0, 0.1) is 0 Å². The summed E-state index contributed by atoms with van der Waals surface area (Å²) in [6.45, 7) is 7.94. The summed E-state index contributed by atoms with van der Waals surface area (Å²) >= 11 is 1.58. The number of fused-ring (bicyclic) bond motifs is 1. The maximum absolute atomic E-state index is 12.1. The normalized spacial score (nSPS) is 11.5. The average molecular weight is 380 g/mol. The Labute approximate surface area is 164 Å². The number of nitrogens with zero attached hydrogens (tertiary/aromatic N) is 2. The van der Waals surface area contributed by atoms with E-state index in [-0.39, 0.29) is 5.91 Å². The van der Waals surface area contributed by atoms with Crippen LogP contribution in [-0.4, -0.2) is 28.9 Å². The van der Waals surface area contributed by atoms with E-state index in [4.69, 9.17) is 0 Å². The van der Waals surface area contributed by atoms with Gasteiger partial charge in [0.25, 0.3) is 0 Å². The van der Waals surface area contributed by atoms with Gasteiger partial charge < -0.3 is 5.32 Å². The quantitative estimate of drug-likeness (QED) is 0.588. The van der Waals surface area contributed by atoms with E-state index in [0.717, 1.165) is 40.4 Å². The lowest BCUT2D eigenvalue weighted by atomic mass is 10.1. The minimum Gasteiger partial charge on any atom is -0.348 e. The van der Waals surface area contributed by atoms with Crippen LogP contribution in [0.15, 0.2) is 54.6 Å². The van der Waals surface area contributed by atoms with Crippen LogP contribution in [0.3, 0.4) is 0 Å². The zero-order chi connectivity index (χ0) is 19.1. The maximum atomic E-state index is 12.1. The lowest BCUT2D eigenvalue weighted by molar-refractivity contribution is -0.116. The number of hydrogen-bond acceptors (Lipinski definition) is 4. The predicted octanol–water partition coefficient (Wildman–Crippen LogP) is 4.47. The summed E-state index contributed by atoms with van der Waals surface area (Å²) in [6.07, 6.45) is 3.32. The molecule has 1 amide bonds. The van der Waals surface area contributed by atoms with Crippen LogP contribution in [0.4, 0.5) is 0 Å². The molecule has 0 saturated carbocycles. The third-order valence-electron chi connectivity index (χ3n) is 4.48. The summed E-state index contributed by atoms with van der Waals surface area (Å²) in [5.41, 5.74) is 3.36. The van der Waals surface area contributed by atoms with Crippen LogP contribution in [-0.2, 0) is 17.9 Å². The average Bonchev–Trinajstić information content (AvgIpc) is 3.13. The first kappa shape index (κ1) is 19.3. The van der Waals surface area contributed by atoms with Crippen LogP contribution < -0.4 is 5.32 Å². The number of hydrogen-bond donors (Lipinski definition) is 1. The van der Waals surface area contributed by atoms with Gasteiger partial charge in [-0.3, -0.25) is 9.69 Å². The summed E-state index contributed by atoms with van der Waals surface area (Å²) in [5, 5.41) is 3.77. The summed E-state index contributed by atoms with van der Waals surface area (Å²) in [6, 6.07) is 16.4. The van der Waals surface area contributed by atoms with Crippen molar-refractivity contribution in [1.82, 2.24) is 15.2 Å². The van der Waals surface area contributed by atoms with Gasteiger partial charge in [0.1, 0.15) is 5.01 Å². The molecule has 0 aliphatic carbocycles. The third-order valence-corrected chi connectivity index (χ3v) is 5.48. The molecule has 0 spiro atoms. The zero-order valence-corrected chi connectivity index (χ0v) is 16.6. The first-order chi connectivity index (χ1) is 13.2. The van der Waals surface area contributed by atoms with Gasteiger partial charge in [0.05, 0.1) is 10.2 Å². The predicted molar refractivity (Wildman–Crippen MR) is 114 cm³/mol. The van der Waals surface area contributed by atoms with Gasteiger partial charge in [-0.05, 0) is 42.4 Å². The van der Waals surface area contributed by atoms with Crippen molar-refractivity contribution in [2.24, 2.45) is 0 Å². The summed E-state index contributed by atoms with van der Waals surface area (Å²) in [7, 11) is 0. The number of carbonyl (C=O) groups is 1. The first-order valence-electron chi connectivity index (χ1n) is 9.29. The Morgan fingerprint density at radius 3 is 2.48 bits per heavy atom. The van der Waals surface area contributed by atoms with Crippen LogP contribution in [0.25, 0.3) is 16.3 Å². The molecule has 0 unspecified atom stereocenters. The molecule has 0 radical (unpaired) electrons. The van der Waals surface area contributed by atoms with E-state index in [0.29, 0.717) is 6.54 Å². The van der Waals surface area contributed by atoms with Crippen molar-refractivity contribution in [3.05, 3.63) is 70.7 Å². The highest BCUT2D eigenvalue weighted by Crippen LogP contribution is 2.22. The second-order valence-electron chi connectivity index (χ2n) is 6.35. The van der Waals surface area contributed by atoms with Gasteiger partial charge in [0.15, 0.2) is 0 Å². The minimum absolute atomic E-state index is 0.110. The number of amides is 1. The highest BCUT2D eigenvalue weighted by Gasteiger charge is 2.03. The highest BCUT2D eigenvalue weighted by atomic mass is 32.1. The smallest absolute Gasteiger partial charge is 0.244 e. The van der Waals surface area contributed by atoms with Crippen molar-refractivity contribution in [2.75, 3.05) is 13.1 Å². The van der Waals surface area contributed by atoms with Crippen molar-refractivity contribution in [2.45, 2.75) is 26.9 Å². The van der Waals surface area contributed by atoms with E-state index < -0.39 is 0 Å². The minimum atomic E-state index is -0.110. The van der Waals surface area contributed by atoms with Crippen LogP contribution in [0.1, 0.15) is 30.0 Å². The van der Waals surface area contributed by atoms with Crippen molar-refractivity contribution in [1.29, 1.82) is 0 Å². The third kappa shape index (κ3) is 5.49. The molecule has 0 atom stereocenters. The molecular weight excluding hydrogens is 354 g/mol. The monoisotopic (exact) mass is 379 g/mol. The molecule has 0 aliphatic heterocycles. The molecule has 140 valence electrons. The topological polar surface area (TPSA) is 45.2 Å². The Bertz CT molecular complexity index is 878. The van der Waals surface area contributed by atoms with Gasteiger partial charge in [0.2, 0.25) is 5.91 Å². The zero-order valence-electron chi connectivity index (χ0n) is 15.8. The Hall–Kier alpha value is -2.50. The van der Waals surface area contributed by atoms with E-state index in [2.05, 4.69) is 53.3 Å². The van der Waals surface area contributed by atoms with Gasteiger partial charge in [-0.2, -0.15) is 0 Å². The SMILES string of the molecule is CCN(CC)Cc1ccc(CNC(=O)/C=C/c2nc3ccccc3s2)cc1. The number of rotatable bonds is 8. The lowest BCUT2D eigenvalue weighted by Gasteiger charge is -2.18. The fourth-order valence-electron chi connectivity index (χ4n) is 2.82. The molecule has 1 N–H and O–H groups in total. The first-order valence-corrected chi connectivity index (χ1v) is 10.1. The Balaban J connectivity index is 1.51. The van der Waals surface area contributed by atoms with Crippen molar-refractivity contribution in [3.8, 4) is 0 Å². The second kappa shape index (κ2) is 9.44. The van der Waals surface area contributed by atoms with Gasteiger partial charge in [-0.1, -0.05) is 50.2 Å². The molecule has 0 aliphatic rings. The number of carbonyl (C=O) groups excluding carboxylic acids is 1. The molecule has 1 heterocycles. The Morgan fingerprint density at radius 1 is 1.07 bits per heavy atom. The van der Waals surface area contributed by atoms with E-state index in [1.165, 1.54) is 5.56 Å². The lowest BCUT2D eigenvalue weighted by Crippen LogP contribution is -2.22. The number of nitrogens with one attached hydrogen (secondary N) is 1. The highest BCUT2D eigenvalue weighted by molar-refractivity contribution is 7.19. The standard InChI is InChI=1S/C22H25N3OS/c1-3-25(4-2)16-18-11-9-17(10-12-18)15-23-21(26)13-14-22-24-19-7-5-6-8-20(19)27-22/h5-14H,3-4,15-16H2,1-2H3,(H,23,26)/b14-13+. The molecule has 27 heavy (non-hydrogen) atoms. The molecule has 0 bridgehead atoms. The summed E-state index contributed by atoms with van der Waals surface area (Å²) in [5.74, 6) is -0.110. The van der Waals surface area contributed by atoms with E-state index in [1.54, 1.807) is 23.5 Å². The molecule has 5 heteroatoms. The van der Waals surface area contributed by atoms with E-state index >= 15 is 0 Å². The van der Waals surface area contributed by atoms with Crippen molar-refractivity contribution >= 4 is 33.5 Å². The summed E-state index contributed by atoms with van der Waals surface area (Å²) < 4.78 is 1.13. The number of para-hydroxylation sites is 1. The molecule has 3 rings (SSSR count). The van der Waals surface area contributed by atoms with Gasteiger partial charge in [-0.25, -0.2) is 4.98 Å². The molecule has 0 saturated heterocycles. The molecule has 1 aromatic heterocycles. The van der Waals surface area contributed by atoms with Crippen LogP contribution >= 0.6 is 11.3 Å². The summed E-state index contributed by atoms with van der Waals surface area (Å²) in [4.78, 5) is 18.9. The molecular formula is C22H25N3OS. The molecule has 4 nitrogen and oxygen atoms in total. The molecule has 0 fully saturated rings. The Kier molecular flexibility index (Phi) is 6.74. The van der Waals surface area contributed by atoms with Crippen molar-refractivity contribution in [3.63, 3.8) is 0 Å². The van der Waals surface area contributed by atoms with Gasteiger partial charge in [0, 0.05) is 19.2 Å². The van der Waals surface area contributed by atoms with Crippen molar-refractivity contribution < 1.29 is 4.79 Å². The number of aromatic nitrogens is 1. The van der Waals surface area contributed by atoms with Gasteiger partial charge in [-0.15, -0.1) is 11.3 Å². The second-order valence-corrected chi connectivity index (χ2v) is 7.41. The van der Waals surface area contributed by atoms with Crippen LogP contribution in [0.2, 0.25) is 0 Å². The fraction of sp³-hybridized carbons (Fsp3) is 0.273. The Morgan fingerprint density at radius 2 is 1.78 bits per heavy atom. The number of thiazole rings is 1. The van der Waals surface area contributed by atoms with E-state index in [1.807, 2.05) is 24.3 Å². The van der Waals surface area contributed by atoms with Gasteiger partial charge >= 0.3 is 0 Å². The maximum Gasteiger partial charge on any atom is 0.244 e. The molecule has 3 aromatic rings. The fourth-order valence-corrected chi connectivity index (χ4v) is 3.69. The molecule has 2 aromatic carbocycles. The number of benzene rings is 2. The van der Waals surface area contributed by atoms with E-state index in [9.17, 15) is 4.79 Å².